The molecular formula is C10H20N4. The van der Waals surface area contributed by atoms with Crippen LogP contribution >= 0.6 is 0 Å². The van der Waals surface area contributed by atoms with E-state index in [0.717, 1.165) is 13.1 Å². The van der Waals surface area contributed by atoms with Gasteiger partial charge in [0.1, 0.15) is 0 Å². The lowest BCUT2D eigenvalue weighted by atomic mass is 10.2. The van der Waals surface area contributed by atoms with E-state index < -0.39 is 0 Å². The second-order valence-corrected chi connectivity index (χ2v) is 5.32. The van der Waals surface area contributed by atoms with Crippen molar-refractivity contribution in [2.24, 2.45) is 0 Å². The van der Waals surface area contributed by atoms with Gasteiger partial charge in [0.05, 0.1) is 11.3 Å². The summed E-state index contributed by atoms with van der Waals surface area (Å²) in [5.74, 6) is 0. The molecule has 1 aliphatic carbocycles. The van der Waals surface area contributed by atoms with Gasteiger partial charge < -0.3 is 0 Å². The zero-order valence-electron chi connectivity index (χ0n) is 9.14. The van der Waals surface area contributed by atoms with Crippen LogP contribution < -0.4 is 10.9 Å². The zero-order valence-corrected chi connectivity index (χ0v) is 9.14. The third-order valence-electron chi connectivity index (χ3n) is 3.82. The van der Waals surface area contributed by atoms with E-state index in [-0.39, 0.29) is 5.66 Å². The lowest BCUT2D eigenvalue weighted by molar-refractivity contribution is 0.339. The first kappa shape index (κ1) is 9.09. The van der Waals surface area contributed by atoms with Crippen LogP contribution in [0, 0.1) is 0 Å². The van der Waals surface area contributed by atoms with Gasteiger partial charge in [-0.15, -0.1) is 0 Å². The number of hydrogen-bond donors (Lipinski definition) is 2. The Bertz CT molecular complexity index is 245. The third kappa shape index (κ3) is 1.37. The molecule has 2 unspecified atom stereocenters. The summed E-state index contributed by atoms with van der Waals surface area (Å²) in [6.45, 7) is 6.71. The minimum Gasteiger partial charge on any atom is -0.233 e. The van der Waals surface area contributed by atoms with Crippen LogP contribution in [0.15, 0.2) is 0 Å². The highest BCUT2D eigenvalue weighted by molar-refractivity contribution is 5.02. The van der Waals surface area contributed by atoms with Crippen LogP contribution in [-0.4, -0.2) is 34.4 Å². The van der Waals surface area contributed by atoms with E-state index >= 15 is 0 Å². The first-order valence-electron chi connectivity index (χ1n) is 5.73. The monoisotopic (exact) mass is 196 g/mol. The van der Waals surface area contributed by atoms with Crippen molar-refractivity contribution < 1.29 is 0 Å². The summed E-state index contributed by atoms with van der Waals surface area (Å²) in [5.41, 5.74) is 7.56. The lowest BCUT2D eigenvalue weighted by Gasteiger charge is -2.07. The fourth-order valence-electron chi connectivity index (χ4n) is 2.68. The lowest BCUT2D eigenvalue weighted by Crippen LogP contribution is -2.22. The quantitative estimate of drug-likeness (QED) is 0.650. The fourth-order valence-corrected chi connectivity index (χ4v) is 2.68. The molecule has 80 valence electrons. The molecule has 4 nitrogen and oxygen atoms in total. The number of hydrogen-bond acceptors (Lipinski definition) is 4. The summed E-state index contributed by atoms with van der Waals surface area (Å²) in [5, 5.41) is 4.73. The normalized spacial score (nSPS) is 41.6. The number of nitrogens with zero attached hydrogens (tertiary/aromatic N) is 2. The van der Waals surface area contributed by atoms with Crippen LogP contribution in [0.3, 0.4) is 0 Å². The van der Waals surface area contributed by atoms with Gasteiger partial charge >= 0.3 is 0 Å². The maximum atomic E-state index is 3.53. The largest absolute Gasteiger partial charge is 0.233 e. The third-order valence-corrected chi connectivity index (χ3v) is 3.82. The van der Waals surface area contributed by atoms with Crippen molar-refractivity contribution in [2.45, 2.75) is 50.9 Å². The summed E-state index contributed by atoms with van der Waals surface area (Å²) >= 11 is 0. The van der Waals surface area contributed by atoms with Crippen LogP contribution in [0.2, 0.25) is 0 Å². The van der Waals surface area contributed by atoms with E-state index in [4.69, 9.17) is 0 Å². The summed E-state index contributed by atoms with van der Waals surface area (Å²) in [7, 11) is 0. The maximum absolute atomic E-state index is 3.53. The van der Waals surface area contributed by atoms with Gasteiger partial charge in [0.25, 0.3) is 0 Å². The van der Waals surface area contributed by atoms with Crippen LogP contribution in [-0.2, 0) is 0 Å². The van der Waals surface area contributed by atoms with Crippen LogP contribution in [0.5, 0.6) is 0 Å². The number of hydrazine groups is 2. The van der Waals surface area contributed by atoms with Crippen molar-refractivity contribution in [3.05, 3.63) is 0 Å². The smallest absolute Gasteiger partial charge is 0.0974 e. The van der Waals surface area contributed by atoms with Crippen LogP contribution in [0.4, 0.5) is 0 Å². The molecule has 1 saturated carbocycles. The fraction of sp³-hybridized carbons (Fsp3) is 1.00. The molecule has 2 saturated heterocycles. The summed E-state index contributed by atoms with van der Waals surface area (Å²) < 4.78 is 0. The average molecular weight is 196 g/mol. The van der Waals surface area contributed by atoms with Crippen molar-refractivity contribution >= 4 is 0 Å². The van der Waals surface area contributed by atoms with Crippen molar-refractivity contribution in [2.75, 3.05) is 13.1 Å². The first-order chi connectivity index (χ1) is 6.62. The first-order valence-corrected chi connectivity index (χ1v) is 5.73. The molecule has 3 aliphatic rings. The molecule has 0 radical (unpaired) electrons. The van der Waals surface area contributed by atoms with E-state index in [9.17, 15) is 0 Å². The molecule has 1 spiro atoms. The second-order valence-electron chi connectivity index (χ2n) is 5.32. The van der Waals surface area contributed by atoms with Gasteiger partial charge in [0, 0.05) is 13.1 Å². The molecule has 4 heteroatoms. The molecule has 0 bridgehead atoms. The maximum Gasteiger partial charge on any atom is 0.0974 e. The summed E-state index contributed by atoms with van der Waals surface area (Å²) in [6.07, 6.45) is 5.50. The Labute approximate surface area is 85.6 Å². The highest BCUT2D eigenvalue weighted by Crippen LogP contribution is 2.41. The topological polar surface area (TPSA) is 49.9 Å². The van der Waals surface area contributed by atoms with Crippen molar-refractivity contribution in [1.29, 1.82) is 0 Å². The molecule has 0 aromatic heterocycles. The molecular weight excluding hydrogens is 176 g/mol. The predicted molar refractivity (Wildman–Crippen MR) is 55.0 cm³/mol. The Morgan fingerprint density at radius 3 is 2.14 bits per heavy atom. The van der Waals surface area contributed by atoms with Gasteiger partial charge in [-0.05, 0) is 26.7 Å². The SMILES string of the molecule is CC1(C)NN1CCN1NC12CCCC2. The van der Waals surface area contributed by atoms with Gasteiger partial charge in [-0.2, -0.15) is 0 Å². The Morgan fingerprint density at radius 2 is 1.57 bits per heavy atom. The predicted octanol–water partition coefficient (Wildman–Crippen LogP) is 0.633. The van der Waals surface area contributed by atoms with E-state index in [1.807, 2.05) is 0 Å². The minimum absolute atomic E-state index is 0.249. The van der Waals surface area contributed by atoms with E-state index in [1.165, 1.54) is 25.7 Å². The van der Waals surface area contributed by atoms with Gasteiger partial charge in [-0.3, -0.25) is 0 Å². The molecule has 0 aromatic rings. The van der Waals surface area contributed by atoms with Crippen molar-refractivity contribution in [3.8, 4) is 0 Å². The Balaban J connectivity index is 1.43. The van der Waals surface area contributed by atoms with E-state index in [2.05, 4.69) is 34.7 Å². The Hall–Kier alpha value is -0.160. The molecule has 2 N–H and O–H groups in total. The zero-order chi connectivity index (χ0) is 9.81. The van der Waals surface area contributed by atoms with Crippen molar-refractivity contribution in [1.82, 2.24) is 20.9 Å². The molecule has 0 amide bonds. The molecule has 14 heavy (non-hydrogen) atoms. The molecule has 2 aliphatic heterocycles. The molecule has 2 heterocycles. The van der Waals surface area contributed by atoms with Crippen LogP contribution in [0.25, 0.3) is 0 Å². The van der Waals surface area contributed by atoms with E-state index in [0.29, 0.717) is 5.66 Å². The molecule has 0 aromatic carbocycles. The summed E-state index contributed by atoms with van der Waals surface area (Å²) in [4.78, 5) is 0. The molecule has 3 rings (SSSR count). The average Bonchev–Trinajstić information content (AvgIpc) is 2.82. The minimum atomic E-state index is 0.249. The highest BCUT2D eigenvalue weighted by atomic mass is 15.8. The second kappa shape index (κ2) is 2.70. The standard InChI is InChI=1S/C10H20N4/c1-9(2)11-13(9)7-8-14-10(12-14)5-3-4-6-10/h11-12H,3-8H2,1-2H3. The highest BCUT2D eigenvalue weighted by Gasteiger charge is 2.53. The Morgan fingerprint density at radius 1 is 1.00 bits per heavy atom. The molecule has 2 atom stereocenters. The van der Waals surface area contributed by atoms with Gasteiger partial charge in [0.15, 0.2) is 0 Å². The number of nitrogens with one attached hydrogen (secondary N) is 2. The summed E-state index contributed by atoms with van der Waals surface area (Å²) in [6, 6.07) is 0. The van der Waals surface area contributed by atoms with Crippen LogP contribution in [0.1, 0.15) is 39.5 Å². The molecule has 3 fully saturated rings. The van der Waals surface area contributed by atoms with Gasteiger partial charge in [-0.25, -0.2) is 20.9 Å². The van der Waals surface area contributed by atoms with Crippen molar-refractivity contribution in [3.63, 3.8) is 0 Å². The number of rotatable bonds is 3. The van der Waals surface area contributed by atoms with E-state index in [1.54, 1.807) is 0 Å². The van der Waals surface area contributed by atoms with Gasteiger partial charge in [0.2, 0.25) is 0 Å². The van der Waals surface area contributed by atoms with Gasteiger partial charge in [-0.1, -0.05) is 12.8 Å². The Kier molecular flexibility index (Phi) is 1.75.